The molecular weight excluding hydrogens is 225 g/mol. The molecule has 6 heteroatoms. The van der Waals surface area contributed by atoms with Gasteiger partial charge >= 0.3 is 0 Å². The molecule has 2 rings (SSSR count). The van der Waals surface area contributed by atoms with Gasteiger partial charge in [-0.1, -0.05) is 0 Å². The van der Waals surface area contributed by atoms with Crippen molar-refractivity contribution < 1.29 is 14.3 Å². The van der Waals surface area contributed by atoms with Crippen molar-refractivity contribution in [2.75, 3.05) is 5.32 Å². The Morgan fingerprint density at radius 2 is 2.29 bits per heavy atom. The molecule has 2 aromatic rings. The number of carbonyl (C=O) groups excluding carboxylic acids is 1. The van der Waals surface area contributed by atoms with Crippen LogP contribution in [-0.2, 0) is 0 Å². The second kappa shape index (κ2) is 4.25. The highest BCUT2D eigenvalue weighted by Gasteiger charge is 2.13. The van der Waals surface area contributed by atoms with Gasteiger partial charge in [0.2, 0.25) is 0 Å². The van der Waals surface area contributed by atoms with E-state index in [-0.39, 0.29) is 11.3 Å². The fourth-order valence-electron chi connectivity index (χ4n) is 1.34. The minimum atomic E-state index is -0.602. The zero-order chi connectivity index (χ0) is 12.4. The van der Waals surface area contributed by atoms with Gasteiger partial charge in [0, 0.05) is 5.56 Å². The van der Waals surface area contributed by atoms with E-state index in [0.717, 1.165) is 23.8 Å². The fourth-order valence-corrected chi connectivity index (χ4v) is 1.34. The van der Waals surface area contributed by atoms with Crippen LogP contribution in [0.3, 0.4) is 0 Å². The lowest BCUT2D eigenvalue weighted by molar-refractivity contribution is 0.102. The Hall–Kier alpha value is -2.37. The normalized spacial score (nSPS) is 10.2. The Bertz CT molecular complexity index is 566. The molecule has 0 spiro atoms. The molecule has 0 atom stereocenters. The molecule has 3 N–H and O–H groups in total. The summed E-state index contributed by atoms with van der Waals surface area (Å²) in [5.74, 6) is -1.05. The van der Waals surface area contributed by atoms with Crippen molar-refractivity contribution in [3.8, 4) is 5.75 Å². The summed E-state index contributed by atoms with van der Waals surface area (Å²) in [6.07, 6.45) is 1.54. The van der Waals surface area contributed by atoms with Crippen LogP contribution >= 0.6 is 0 Å². The number of amides is 1. The number of aromatic amines is 1. The monoisotopic (exact) mass is 235 g/mol. The molecule has 0 unspecified atom stereocenters. The second-order valence-corrected chi connectivity index (χ2v) is 3.54. The average Bonchev–Trinajstić information content (AvgIpc) is 2.68. The number of nitrogens with zero attached hydrogens (tertiary/aromatic N) is 1. The first-order valence-electron chi connectivity index (χ1n) is 4.88. The SMILES string of the molecule is Cc1cn[nH]c1NC(=O)c1cc(F)ccc1O. The molecular formula is C11H10FN3O2. The number of phenols is 1. The third kappa shape index (κ3) is 2.25. The molecule has 1 amide bonds. The summed E-state index contributed by atoms with van der Waals surface area (Å²) in [5, 5.41) is 18.3. The maximum atomic E-state index is 13.0. The molecule has 0 fully saturated rings. The number of hydrogen-bond acceptors (Lipinski definition) is 3. The summed E-state index contributed by atoms with van der Waals surface area (Å²) in [6.45, 7) is 1.75. The quantitative estimate of drug-likeness (QED) is 0.742. The lowest BCUT2D eigenvalue weighted by atomic mass is 10.2. The predicted octanol–water partition coefficient (Wildman–Crippen LogP) is 1.82. The largest absolute Gasteiger partial charge is 0.507 e. The van der Waals surface area contributed by atoms with Crippen LogP contribution in [0.5, 0.6) is 5.75 Å². The number of phenolic OH excluding ortho intramolecular Hbond substituents is 1. The van der Waals surface area contributed by atoms with Crippen LogP contribution in [0.1, 0.15) is 15.9 Å². The molecule has 0 aliphatic rings. The van der Waals surface area contributed by atoms with E-state index in [1.807, 2.05) is 0 Å². The first kappa shape index (κ1) is 11.1. The second-order valence-electron chi connectivity index (χ2n) is 3.54. The van der Waals surface area contributed by atoms with Gasteiger partial charge in [-0.3, -0.25) is 9.89 Å². The Morgan fingerprint density at radius 1 is 1.53 bits per heavy atom. The van der Waals surface area contributed by atoms with Crippen molar-refractivity contribution in [3.05, 3.63) is 41.3 Å². The highest BCUT2D eigenvalue weighted by Crippen LogP contribution is 2.19. The molecule has 0 aliphatic carbocycles. The van der Waals surface area contributed by atoms with E-state index < -0.39 is 11.7 Å². The smallest absolute Gasteiger partial charge is 0.260 e. The topological polar surface area (TPSA) is 78.0 Å². The van der Waals surface area contributed by atoms with E-state index in [4.69, 9.17) is 0 Å². The summed E-state index contributed by atoms with van der Waals surface area (Å²) in [4.78, 5) is 11.8. The molecule has 1 heterocycles. The zero-order valence-corrected chi connectivity index (χ0v) is 8.99. The van der Waals surface area contributed by atoms with Gasteiger partial charge in [0.05, 0.1) is 11.8 Å². The minimum Gasteiger partial charge on any atom is -0.507 e. The predicted molar refractivity (Wildman–Crippen MR) is 59.3 cm³/mol. The molecule has 5 nitrogen and oxygen atoms in total. The lowest BCUT2D eigenvalue weighted by Gasteiger charge is -2.05. The number of aromatic nitrogens is 2. The molecule has 0 saturated carbocycles. The Balaban J connectivity index is 2.26. The third-order valence-electron chi connectivity index (χ3n) is 2.27. The van der Waals surface area contributed by atoms with Gasteiger partial charge in [-0.2, -0.15) is 5.10 Å². The highest BCUT2D eigenvalue weighted by atomic mass is 19.1. The molecule has 88 valence electrons. The van der Waals surface area contributed by atoms with E-state index in [0.29, 0.717) is 5.82 Å². The van der Waals surface area contributed by atoms with Crippen molar-refractivity contribution in [1.29, 1.82) is 0 Å². The standard InChI is InChI=1S/C11H10FN3O2/c1-6-5-13-15-10(6)14-11(17)8-4-7(12)2-3-9(8)16/h2-5,16H,1H3,(H2,13,14,15,17). The van der Waals surface area contributed by atoms with Gasteiger partial charge in [0.15, 0.2) is 0 Å². The van der Waals surface area contributed by atoms with E-state index in [1.54, 1.807) is 13.1 Å². The van der Waals surface area contributed by atoms with Crippen LogP contribution in [0.2, 0.25) is 0 Å². The first-order valence-corrected chi connectivity index (χ1v) is 4.88. The summed E-state index contributed by atoms with van der Waals surface area (Å²) in [6, 6.07) is 3.17. The van der Waals surface area contributed by atoms with Crippen LogP contribution < -0.4 is 5.32 Å². The number of aromatic hydroxyl groups is 1. The number of aryl methyl sites for hydroxylation is 1. The average molecular weight is 235 g/mol. The minimum absolute atomic E-state index is 0.126. The van der Waals surface area contributed by atoms with Crippen LogP contribution in [0.25, 0.3) is 0 Å². The third-order valence-corrected chi connectivity index (χ3v) is 2.27. The van der Waals surface area contributed by atoms with Crippen molar-refractivity contribution in [2.24, 2.45) is 0 Å². The number of carbonyl (C=O) groups is 1. The number of benzene rings is 1. The summed E-state index contributed by atoms with van der Waals surface area (Å²) < 4.78 is 13.0. The molecule has 1 aromatic carbocycles. The van der Waals surface area contributed by atoms with E-state index >= 15 is 0 Å². The van der Waals surface area contributed by atoms with E-state index in [1.165, 1.54) is 0 Å². The first-order chi connectivity index (χ1) is 8.08. The number of anilines is 1. The van der Waals surface area contributed by atoms with Gasteiger partial charge in [0.25, 0.3) is 5.91 Å². The van der Waals surface area contributed by atoms with Crippen LogP contribution in [0, 0.1) is 12.7 Å². The van der Waals surface area contributed by atoms with Crippen LogP contribution in [-0.4, -0.2) is 21.2 Å². The van der Waals surface area contributed by atoms with Crippen molar-refractivity contribution >= 4 is 11.7 Å². The maximum Gasteiger partial charge on any atom is 0.260 e. The Kier molecular flexibility index (Phi) is 2.78. The summed E-state index contributed by atoms with van der Waals surface area (Å²) in [7, 11) is 0. The summed E-state index contributed by atoms with van der Waals surface area (Å²) >= 11 is 0. The van der Waals surface area contributed by atoms with Crippen LogP contribution in [0.15, 0.2) is 24.4 Å². The number of rotatable bonds is 2. The van der Waals surface area contributed by atoms with Crippen LogP contribution in [0.4, 0.5) is 10.2 Å². The van der Waals surface area contributed by atoms with Crippen molar-refractivity contribution in [2.45, 2.75) is 6.92 Å². The molecule has 0 aliphatic heterocycles. The van der Waals surface area contributed by atoms with Gasteiger partial charge in [-0.15, -0.1) is 0 Å². The lowest BCUT2D eigenvalue weighted by Crippen LogP contribution is -2.13. The number of nitrogens with one attached hydrogen (secondary N) is 2. The number of H-pyrrole nitrogens is 1. The van der Waals surface area contributed by atoms with Gasteiger partial charge in [-0.05, 0) is 25.1 Å². The molecule has 1 aromatic heterocycles. The maximum absolute atomic E-state index is 13.0. The molecule has 0 radical (unpaired) electrons. The highest BCUT2D eigenvalue weighted by molar-refractivity contribution is 6.05. The van der Waals surface area contributed by atoms with Gasteiger partial charge in [0.1, 0.15) is 17.4 Å². The Morgan fingerprint density at radius 3 is 2.94 bits per heavy atom. The molecule has 0 saturated heterocycles. The van der Waals surface area contributed by atoms with E-state index in [2.05, 4.69) is 15.5 Å². The zero-order valence-electron chi connectivity index (χ0n) is 8.99. The van der Waals surface area contributed by atoms with Crippen molar-refractivity contribution in [3.63, 3.8) is 0 Å². The van der Waals surface area contributed by atoms with Crippen molar-refractivity contribution in [1.82, 2.24) is 10.2 Å². The Labute approximate surface area is 96.3 Å². The number of hydrogen-bond donors (Lipinski definition) is 3. The summed E-state index contributed by atoms with van der Waals surface area (Å²) in [5.41, 5.74) is 0.619. The molecule has 0 bridgehead atoms. The van der Waals surface area contributed by atoms with Gasteiger partial charge < -0.3 is 10.4 Å². The van der Waals surface area contributed by atoms with Gasteiger partial charge in [-0.25, -0.2) is 4.39 Å². The van der Waals surface area contributed by atoms with E-state index in [9.17, 15) is 14.3 Å². The number of halogens is 1. The fraction of sp³-hybridized carbons (Fsp3) is 0.0909. The molecule has 17 heavy (non-hydrogen) atoms.